The van der Waals surface area contributed by atoms with Crippen molar-refractivity contribution in [1.29, 1.82) is 0 Å². The molecule has 1 amide bonds. The summed E-state index contributed by atoms with van der Waals surface area (Å²) < 4.78 is 41.2. The summed E-state index contributed by atoms with van der Waals surface area (Å²) in [7, 11) is -4.13. The highest BCUT2D eigenvalue weighted by atomic mass is 32.2. The first-order chi connectivity index (χ1) is 12.7. The predicted molar refractivity (Wildman–Crippen MR) is 109 cm³/mol. The molecule has 9 heteroatoms. The van der Waals surface area contributed by atoms with E-state index in [-0.39, 0.29) is 0 Å². The molecule has 0 spiro atoms. The van der Waals surface area contributed by atoms with Gasteiger partial charge in [0.05, 0.1) is 0 Å². The van der Waals surface area contributed by atoms with Crippen LogP contribution in [0, 0.1) is 5.82 Å². The second-order valence-electron chi connectivity index (χ2n) is 6.40. The minimum Gasteiger partial charge on any atom is -0.353 e. The number of thioether (sulfide) groups is 1. The van der Waals surface area contributed by atoms with Crippen LogP contribution in [0.2, 0.25) is 0 Å². The average molecular weight is 420 g/mol. The molecule has 1 aromatic rings. The number of hydrogen-bond donors (Lipinski definition) is 2. The normalized spacial score (nSPS) is 13.1. The van der Waals surface area contributed by atoms with E-state index in [0.29, 0.717) is 31.3 Å². The van der Waals surface area contributed by atoms with Gasteiger partial charge in [-0.1, -0.05) is 19.1 Å². The molecule has 1 rings (SSSR count). The summed E-state index contributed by atoms with van der Waals surface area (Å²) in [4.78, 5) is 14.3. The van der Waals surface area contributed by atoms with Crippen LogP contribution in [-0.4, -0.2) is 63.0 Å². The number of sulfonamides is 1. The van der Waals surface area contributed by atoms with E-state index < -0.39 is 32.7 Å². The van der Waals surface area contributed by atoms with Crippen molar-refractivity contribution in [3.05, 3.63) is 30.1 Å². The number of halogens is 1. The minimum atomic E-state index is -4.13. The minimum absolute atomic E-state index is 0.322. The largest absolute Gasteiger partial charge is 0.353 e. The summed E-state index contributed by atoms with van der Waals surface area (Å²) in [5, 5.41) is 2.79. The highest BCUT2D eigenvalue weighted by Gasteiger charge is 2.27. The number of likely N-dealkylation sites (N-methyl/N-ethyl adjacent to an activating group) is 1. The van der Waals surface area contributed by atoms with Gasteiger partial charge in [0, 0.05) is 19.1 Å². The van der Waals surface area contributed by atoms with Crippen LogP contribution < -0.4 is 10.0 Å². The molecule has 1 atom stereocenters. The molecule has 0 aliphatic rings. The van der Waals surface area contributed by atoms with Crippen LogP contribution in [0.4, 0.5) is 4.39 Å². The number of rotatable bonds is 12. The molecule has 1 aromatic carbocycles. The number of nitrogens with one attached hydrogen (secondary N) is 2. The standard InChI is InChI=1S/C18H30FN3O3S2/c1-5-22(14(2)3)12-11-20-18(23)16(10-13-26-4)21-27(24,25)17-9-7-6-8-15(17)19/h6-9,14,16,21H,5,10-13H2,1-4H3,(H,20,23). The van der Waals surface area contributed by atoms with E-state index in [4.69, 9.17) is 0 Å². The number of carbonyl (C=O) groups is 1. The van der Waals surface area contributed by atoms with Gasteiger partial charge in [0.15, 0.2) is 0 Å². The maximum absolute atomic E-state index is 13.9. The third-order valence-electron chi connectivity index (χ3n) is 4.19. The van der Waals surface area contributed by atoms with Gasteiger partial charge in [-0.25, -0.2) is 12.8 Å². The summed E-state index contributed by atoms with van der Waals surface area (Å²) in [5.74, 6) is -0.640. The zero-order valence-electron chi connectivity index (χ0n) is 16.4. The zero-order valence-corrected chi connectivity index (χ0v) is 18.0. The van der Waals surface area contributed by atoms with E-state index in [1.165, 1.54) is 30.0 Å². The summed E-state index contributed by atoms with van der Waals surface area (Å²) in [6.07, 6.45) is 2.20. The van der Waals surface area contributed by atoms with Crippen molar-refractivity contribution in [2.24, 2.45) is 0 Å². The SMILES string of the molecule is CCN(CCNC(=O)C(CCSC)NS(=O)(=O)c1ccccc1F)C(C)C. The van der Waals surface area contributed by atoms with Gasteiger partial charge in [-0.3, -0.25) is 9.69 Å². The zero-order chi connectivity index (χ0) is 20.4. The lowest BCUT2D eigenvalue weighted by atomic mass is 10.2. The molecule has 0 fully saturated rings. The maximum Gasteiger partial charge on any atom is 0.244 e. The molecule has 0 aliphatic carbocycles. The Balaban J connectivity index is 2.80. The molecule has 0 bridgehead atoms. The van der Waals surface area contributed by atoms with Gasteiger partial charge in [-0.05, 0) is 51.0 Å². The Labute approximate surface area is 166 Å². The van der Waals surface area contributed by atoms with Crippen LogP contribution in [-0.2, 0) is 14.8 Å². The first kappa shape index (κ1) is 23.9. The lowest BCUT2D eigenvalue weighted by Crippen LogP contribution is -2.49. The third kappa shape index (κ3) is 7.77. The van der Waals surface area contributed by atoms with Crippen LogP contribution in [0.1, 0.15) is 27.2 Å². The van der Waals surface area contributed by atoms with E-state index in [2.05, 4.69) is 28.8 Å². The number of benzene rings is 1. The van der Waals surface area contributed by atoms with Crippen molar-refractivity contribution in [3.63, 3.8) is 0 Å². The highest BCUT2D eigenvalue weighted by molar-refractivity contribution is 7.98. The summed E-state index contributed by atoms with van der Waals surface area (Å²) in [6.45, 7) is 8.16. The molecule has 2 N–H and O–H groups in total. The molecule has 27 heavy (non-hydrogen) atoms. The molecular formula is C18H30FN3O3S2. The van der Waals surface area contributed by atoms with Gasteiger partial charge >= 0.3 is 0 Å². The Morgan fingerprint density at radius 1 is 1.30 bits per heavy atom. The molecule has 1 unspecified atom stereocenters. The molecule has 0 aromatic heterocycles. The lowest BCUT2D eigenvalue weighted by molar-refractivity contribution is -0.122. The topological polar surface area (TPSA) is 78.5 Å². The Bertz CT molecular complexity index is 699. The first-order valence-corrected chi connectivity index (χ1v) is 11.9. The van der Waals surface area contributed by atoms with E-state index in [1.54, 1.807) is 0 Å². The van der Waals surface area contributed by atoms with Gasteiger partial charge in [-0.15, -0.1) is 0 Å². The van der Waals surface area contributed by atoms with Gasteiger partial charge in [0.1, 0.15) is 16.8 Å². The maximum atomic E-state index is 13.9. The van der Waals surface area contributed by atoms with Crippen molar-refractivity contribution < 1.29 is 17.6 Å². The average Bonchev–Trinajstić information content (AvgIpc) is 2.61. The number of carbonyl (C=O) groups excluding carboxylic acids is 1. The number of nitrogens with zero attached hydrogens (tertiary/aromatic N) is 1. The Morgan fingerprint density at radius 3 is 2.52 bits per heavy atom. The van der Waals surface area contributed by atoms with Crippen molar-refractivity contribution in [2.75, 3.05) is 31.6 Å². The quantitative estimate of drug-likeness (QED) is 0.542. The van der Waals surface area contributed by atoms with Crippen molar-refractivity contribution in [3.8, 4) is 0 Å². The number of amides is 1. The van der Waals surface area contributed by atoms with Gasteiger partial charge in [0.2, 0.25) is 15.9 Å². The highest BCUT2D eigenvalue weighted by Crippen LogP contribution is 2.15. The van der Waals surface area contributed by atoms with Gasteiger partial charge in [0.25, 0.3) is 0 Å². The van der Waals surface area contributed by atoms with E-state index in [9.17, 15) is 17.6 Å². The van der Waals surface area contributed by atoms with E-state index in [1.807, 2.05) is 13.2 Å². The van der Waals surface area contributed by atoms with Crippen LogP contribution in [0.5, 0.6) is 0 Å². The molecule has 0 heterocycles. The molecule has 0 aliphatic heterocycles. The fraction of sp³-hybridized carbons (Fsp3) is 0.611. The smallest absolute Gasteiger partial charge is 0.244 e. The lowest BCUT2D eigenvalue weighted by Gasteiger charge is -2.25. The Morgan fingerprint density at radius 2 is 1.96 bits per heavy atom. The second kappa shape index (κ2) is 11.6. The van der Waals surface area contributed by atoms with Crippen molar-refractivity contribution in [1.82, 2.24) is 14.9 Å². The van der Waals surface area contributed by atoms with Crippen LogP contribution in [0.25, 0.3) is 0 Å². The van der Waals surface area contributed by atoms with E-state index in [0.717, 1.165) is 12.6 Å². The first-order valence-electron chi connectivity index (χ1n) is 9.00. The molecule has 0 saturated heterocycles. The van der Waals surface area contributed by atoms with Crippen LogP contribution in [0.3, 0.4) is 0 Å². The van der Waals surface area contributed by atoms with Crippen LogP contribution >= 0.6 is 11.8 Å². The predicted octanol–water partition coefficient (Wildman–Crippen LogP) is 2.07. The molecule has 0 radical (unpaired) electrons. The van der Waals surface area contributed by atoms with Gasteiger partial charge in [-0.2, -0.15) is 16.5 Å². The molecule has 0 saturated carbocycles. The number of hydrogen-bond acceptors (Lipinski definition) is 5. The fourth-order valence-electron chi connectivity index (χ4n) is 2.62. The second-order valence-corrected chi connectivity index (χ2v) is 9.07. The monoisotopic (exact) mass is 419 g/mol. The van der Waals surface area contributed by atoms with Crippen molar-refractivity contribution in [2.45, 2.75) is 44.2 Å². The summed E-state index contributed by atoms with van der Waals surface area (Å²) >= 11 is 1.51. The Kier molecular flexibility index (Phi) is 10.3. The van der Waals surface area contributed by atoms with Crippen molar-refractivity contribution >= 4 is 27.7 Å². The van der Waals surface area contributed by atoms with Gasteiger partial charge < -0.3 is 5.32 Å². The fourth-order valence-corrected chi connectivity index (χ4v) is 4.40. The summed E-state index contributed by atoms with van der Waals surface area (Å²) in [5.41, 5.74) is 0. The molecule has 154 valence electrons. The van der Waals surface area contributed by atoms with Crippen LogP contribution in [0.15, 0.2) is 29.2 Å². The third-order valence-corrected chi connectivity index (χ3v) is 6.33. The Hall–Kier alpha value is -1.16. The summed E-state index contributed by atoms with van der Waals surface area (Å²) in [6, 6.07) is 4.54. The molecule has 6 nitrogen and oxygen atoms in total. The molecular weight excluding hydrogens is 389 g/mol. The van der Waals surface area contributed by atoms with E-state index >= 15 is 0 Å².